The number of carbonyl (C=O) groups is 4. The summed E-state index contributed by atoms with van der Waals surface area (Å²) in [7, 11) is 11.3. The second-order valence-electron chi connectivity index (χ2n) is 33.8. The number of nitro groups is 2. The maximum absolute atomic E-state index is 12.4. The normalized spacial score (nSPS) is 12.8. The van der Waals surface area contributed by atoms with Crippen molar-refractivity contribution in [2.24, 2.45) is 21.5 Å². The summed E-state index contributed by atoms with van der Waals surface area (Å²) in [6.07, 6.45) is 11.5. The number of halogens is 2. The molecule has 3 amide bonds. The van der Waals surface area contributed by atoms with Crippen molar-refractivity contribution in [3.63, 3.8) is 0 Å². The number of fused-ring (bicyclic) bond motifs is 5. The van der Waals surface area contributed by atoms with Gasteiger partial charge in [-0.25, -0.2) is 29.2 Å². The Morgan fingerprint density at radius 1 is 0.452 bits per heavy atom. The van der Waals surface area contributed by atoms with Crippen molar-refractivity contribution in [2.75, 3.05) is 184 Å². The maximum Gasteiger partial charge on any atom is 1.00 e. The topological polar surface area (TPSA) is 410 Å². The summed E-state index contributed by atoms with van der Waals surface area (Å²) in [5.41, 5.74) is 32.2. The van der Waals surface area contributed by atoms with E-state index in [1.54, 1.807) is 169 Å². The number of anilines is 6. The van der Waals surface area contributed by atoms with Gasteiger partial charge in [0.2, 0.25) is 0 Å². The number of rotatable bonds is 26. The number of amides is 3. The van der Waals surface area contributed by atoms with Gasteiger partial charge < -0.3 is 96.1 Å². The van der Waals surface area contributed by atoms with Crippen LogP contribution in [0, 0.1) is 25.6 Å². The average Bonchev–Trinajstić information content (AvgIpc) is 0.951. The number of ether oxygens (including phenoxy) is 4. The van der Waals surface area contributed by atoms with Crippen LogP contribution < -0.4 is 95.5 Å². The number of hydrogen-bond acceptors (Lipinski definition) is 29. The van der Waals surface area contributed by atoms with Crippen molar-refractivity contribution in [1.29, 1.82) is 5.41 Å². The van der Waals surface area contributed by atoms with Crippen LogP contribution >= 0.6 is 81.3 Å². The van der Waals surface area contributed by atoms with Crippen LogP contribution in [0.15, 0.2) is 275 Å². The molecule has 0 saturated carbocycles. The zero-order valence-electron chi connectivity index (χ0n) is 84.0. The van der Waals surface area contributed by atoms with Gasteiger partial charge in [-0.1, -0.05) is 121 Å². The first-order valence-corrected chi connectivity index (χ1v) is 51.5. The zero-order valence-corrected chi connectivity index (χ0v) is 92.4. The molecule has 17 rings (SSSR count). The molecule has 39 heteroatoms. The molecule has 5 aliphatic rings. The minimum atomic E-state index is -0.814. The SMILES string of the molecule is CCO.CN(C)CCN1CCCc2ccc([N+](=O)[O-])cc21.CN(CCN1CCCc2ccc(N)cc21)C(=O)Oc1ccccc1.CN(CCN1CCCc2ccc(N=C(N)c3cccs3)cc21)C(=O)Oc1ccccc1.CN(CCN1CCCc2ccc([N+](=O)[O-])cc21)C(=O)Oc1ccccc1.CNCCN1CCCc2ccc(N=C(N)c3cccs3)cc21.CSC(=N)c1cccs1.I.O=C(Cl)Oc1ccccc1.[Na+].[OH-]. The van der Waals surface area contributed by atoms with Crippen LogP contribution in [0.5, 0.6) is 23.0 Å². The Hall–Kier alpha value is -12.2. The van der Waals surface area contributed by atoms with Crippen molar-refractivity contribution in [1.82, 2.24) is 24.9 Å². The molecule has 9 aromatic carbocycles. The van der Waals surface area contributed by atoms with E-state index in [9.17, 15) is 39.4 Å². The quantitative estimate of drug-likeness (QED) is 0.00428. The number of nitrogens with two attached hydrogens (primary N) is 3. The smallest absolute Gasteiger partial charge is 0.870 e. The van der Waals surface area contributed by atoms with Gasteiger partial charge in [-0.3, -0.25) is 25.6 Å². The molecule has 772 valence electrons. The summed E-state index contributed by atoms with van der Waals surface area (Å²) >= 11 is 11.2. The number of nitrogens with one attached hydrogen (secondary N) is 2. The molecule has 0 bridgehead atoms. The van der Waals surface area contributed by atoms with Gasteiger partial charge in [0.05, 0.1) is 35.9 Å². The van der Waals surface area contributed by atoms with Crippen LogP contribution in [0.2, 0.25) is 0 Å². The maximum atomic E-state index is 12.4. The number of aliphatic imine (C=N–C) groups is 2. The molecule has 0 unspecified atom stereocenters. The molecule has 0 saturated heterocycles. The van der Waals surface area contributed by atoms with E-state index in [0.29, 0.717) is 65.9 Å². The van der Waals surface area contributed by atoms with Gasteiger partial charge in [-0.15, -0.1) is 69.7 Å². The number of thioether (sulfide) groups is 1. The van der Waals surface area contributed by atoms with Crippen molar-refractivity contribution in [3.05, 3.63) is 328 Å². The standard InChI is InChI=1S/C24H26N4O2S.C19H21N3O4.C19H23N3O2.C17H22N4S.C13H19N3O2.C7H5ClO2.C6H7NS2.C2H6O.HI.Na.H2O/c1-27(24(29)30-20-8-3-2-4-9-20)14-15-28-13-5-7-18-11-12-19(17-21(18)28)26-23(25)22-10-6-16-31-22;1-20(19(23)26-17-7-3-2-4-8-17)12-13-21-11-5-6-15-9-10-16(22(24)25)14-18(15)21;1-21(19(23)24-17-7-3-2-4-8-17)12-13-22-11-5-6-15-9-10-16(20)14-18(15)22;1-19-8-10-21-9-2-4-13-6-7-14(12-15(13)21)20-17(18)16-5-3-11-22-16;1-14(2)8-9-15-7-3-4-11-5-6-12(16(17)18)10-13(11)15;8-7(9)10-6-4-2-1-3-5-6;1-8-6(7)5-3-2-4-9-5;1-2-3;;;/h2-4,6,8-12,16-17H,5,7,13-15H2,1H3,(H2,25,26);2-4,7-10,14H,5-6,11-13H2,1H3;2-4,7-10,14H,5-6,11-13,20H2,1H3;3,5-7,11-12,19H,2,4,8-10H2,1H3,(H2,18,20);5-6,10H,3-4,7-9H2,1-2H3;1-5H;2-4,7H,1H3;3H,2H2,1H3;1H;;1H2/q;;;;;;;;;+1;/p-1. The number of nitrogens with zero attached hydrogens (tertiary/aromatic N) is 13. The number of carbonyl (C=O) groups excluding carboxylic acids is 4. The number of non-ortho nitro benzene ring substituents is 2. The molecular formula is C107H131ClIN18NaO14S4. The molecule has 0 aliphatic carbocycles. The minimum absolute atomic E-state index is 0. The fourth-order valence-corrected chi connectivity index (χ4v) is 18.3. The molecule has 0 fully saturated rings. The Bertz CT molecular complexity index is 6070. The molecule has 10 N–H and O–H groups in total. The number of likely N-dealkylation sites (N-methyl/N-ethyl adjacent to an activating group) is 5. The second-order valence-corrected chi connectivity index (χ2v) is 37.7. The van der Waals surface area contributed by atoms with Gasteiger partial charge >= 0.3 is 53.3 Å². The number of thiophene rings is 3. The Kier molecular flexibility index (Phi) is 53.5. The fraction of sp³-hybridized carbons (Fsp3) is 0.318. The third-order valence-corrected chi connectivity index (χ3v) is 26.7. The van der Waals surface area contributed by atoms with E-state index in [0.717, 1.165) is 184 Å². The van der Waals surface area contributed by atoms with Crippen molar-refractivity contribution < 1.29 is 88.1 Å². The molecule has 8 heterocycles. The van der Waals surface area contributed by atoms with E-state index >= 15 is 0 Å². The summed E-state index contributed by atoms with van der Waals surface area (Å²) in [6.45, 7) is 14.4. The molecule has 3 aromatic heterocycles. The van der Waals surface area contributed by atoms with Crippen LogP contribution in [-0.2, 0) is 32.1 Å². The molecule has 32 nitrogen and oxygen atoms in total. The van der Waals surface area contributed by atoms with Gasteiger partial charge in [0, 0.05) is 196 Å². The monoisotopic (exact) mass is 2200 g/mol. The van der Waals surface area contributed by atoms with Crippen LogP contribution in [0.1, 0.15) is 81.5 Å². The number of nitrogen functional groups attached to an aromatic ring is 1. The van der Waals surface area contributed by atoms with Crippen molar-refractivity contribution >= 4 is 179 Å². The van der Waals surface area contributed by atoms with Crippen molar-refractivity contribution in [3.8, 4) is 23.0 Å². The molecule has 0 atom stereocenters. The largest absolute Gasteiger partial charge is 1.00 e. The van der Waals surface area contributed by atoms with Gasteiger partial charge in [-0.05, 0) is 246 Å². The van der Waals surface area contributed by atoms with E-state index in [2.05, 4.69) is 85.8 Å². The first-order chi connectivity index (χ1) is 69.2. The number of aryl methyl sites for hydroxylation is 5. The number of amidine groups is 2. The van der Waals surface area contributed by atoms with Crippen molar-refractivity contribution in [2.45, 2.75) is 71.1 Å². The van der Waals surface area contributed by atoms with Crippen LogP contribution in [0.3, 0.4) is 0 Å². The van der Waals surface area contributed by atoms with Crippen LogP contribution in [0.25, 0.3) is 0 Å². The zero-order chi connectivity index (χ0) is 102. The Morgan fingerprint density at radius 3 is 1.05 bits per heavy atom. The average molecular weight is 2210 g/mol. The summed E-state index contributed by atoms with van der Waals surface area (Å²) < 4.78 is 20.6. The first-order valence-electron chi connectivity index (χ1n) is 47.3. The number of para-hydroxylation sites is 4. The summed E-state index contributed by atoms with van der Waals surface area (Å²) in [5, 5.41) is 46.7. The van der Waals surface area contributed by atoms with E-state index in [-0.39, 0.29) is 99.0 Å². The third-order valence-electron chi connectivity index (χ3n) is 23.2. The summed E-state index contributed by atoms with van der Waals surface area (Å²) in [4.78, 5) is 98.5. The first kappa shape index (κ1) is 121. The number of aliphatic hydroxyl groups is 1. The van der Waals surface area contributed by atoms with Gasteiger partial charge in [0.25, 0.3) is 11.4 Å². The predicted molar refractivity (Wildman–Crippen MR) is 603 cm³/mol. The minimum Gasteiger partial charge on any atom is -0.870 e. The van der Waals surface area contributed by atoms with E-state index in [4.69, 9.17) is 53.5 Å². The Morgan fingerprint density at radius 2 is 0.747 bits per heavy atom. The predicted octanol–water partition coefficient (Wildman–Crippen LogP) is 18.3. The number of hydrogen-bond donors (Lipinski definition) is 6. The molecular weight excluding hydrogens is 2070 g/mol. The molecule has 12 aromatic rings. The molecule has 0 spiro atoms. The van der Waals surface area contributed by atoms with E-state index in [1.165, 1.54) is 56.7 Å². The van der Waals surface area contributed by atoms with Gasteiger partial charge in [0.15, 0.2) is 0 Å². The molecule has 146 heavy (non-hydrogen) atoms. The fourth-order valence-electron chi connectivity index (χ4n) is 15.7. The number of aliphatic hydroxyl groups excluding tert-OH is 1. The van der Waals surface area contributed by atoms with Crippen LogP contribution in [0.4, 0.5) is 76.1 Å². The summed E-state index contributed by atoms with van der Waals surface area (Å²) in [5.74, 6) is 3.19. The van der Waals surface area contributed by atoms with E-state index in [1.807, 2.05) is 159 Å². The summed E-state index contributed by atoms with van der Waals surface area (Å²) in [6, 6.07) is 76.7. The Labute approximate surface area is 916 Å². The molecule has 5 aliphatic heterocycles. The van der Waals surface area contributed by atoms with Gasteiger partial charge in [0.1, 0.15) is 39.7 Å². The Balaban J connectivity index is 0.000000235. The van der Waals surface area contributed by atoms with Gasteiger partial charge in [-0.2, -0.15) is 0 Å². The van der Waals surface area contributed by atoms with E-state index < -0.39 is 11.5 Å². The number of nitro benzene ring substituents is 2. The molecule has 0 radical (unpaired) electrons. The second kappa shape index (κ2) is 64.7. The third kappa shape index (κ3) is 39.9. The number of benzene rings is 9. The van der Waals surface area contributed by atoms with Crippen LogP contribution in [-0.4, -0.2) is 234 Å².